The predicted molar refractivity (Wildman–Crippen MR) is 138 cm³/mol. The molecular weight excluding hydrogens is 482 g/mol. The predicted octanol–water partition coefficient (Wildman–Crippen LogP) is 5.07. The van der Waals surface area contributed by atoms with Crippen LogP contribution >= 0.6 is 11.6 Å². The maximum absolute atomic E-state index is 12.7. The lowest BCUT2D eigenvalue weighted by atomic mass is 10.0. The topological polar surface area (TPSA) is 110 Å². The highest BCUT2D eigenvalue weighted by molar-refractivity contribution is 6.33. The van der Waals surface area contributed by atoms with Crippen molar-refractivity contribution in [1.29, 1.82) is 0 Å². The van der Waals surface area contributed by atoms with Gasteiger partial charge in [-0.1, -0.05) is 49.7 Å². The number of carbonyl (C=O) groups excluding carboxylic acids is 3. The Hall–Kier alpha value is -3.91. The SMILES string of the molecule is CC(C)OC(=O)c1ccc(-c2ccc(C=NNC(=O)C(NC(=O)c3ccccc3Cl)C(C)C)o2)cc1. The van der Waals surface area contributed by atoms with Gasteiger partial charge in [-0.2, -0.15) is 5.10 Å². The van der Waals surface area contributed by atoms with Crippen molar-refractivity contribution >= 4 is 35.6 Å². The minimum atomic E-state index is -0.820. The number of hydrogen-bond donors (Lipinski definition) is 2. The van der Waals surface area contributed by atoms with Crippen molar-refractivity contribution in [3.05, 3.63) is 82.6 Å². The highest BCUT2D eigenvalue weighted by atomic mass is 35.5. The van der Waals surface area contributed by atoms with Gasteiger partial charge in [0, 0.05) is 5.56 Å². The van der Waals surface area contributed by atoms with E-state index in [9.17, 15) is 14.4 Å². The van der Waals surface area contributed by atoms with E-state index in [0.717, 1.165) is 5.56 Å². The van der Waals surface area contributed by atoms with Crippen molar-refractivity contribution in [1.82, 2.24) is 10.7 Å². The Morgan fingerprint density at radius 3 is 2.31 bits per heavy atom. The van der Waals surface area contributed by atoms with Crippen LogP contribution in [0.5, 0.6) is 0 Å². The lowest BCUT2D eigenvalue weighted by Gasteiger charge is -2.20. The highest BCUT2D eigenvalue weighted by Gasteiger charge is 2.25. The summed E-state index contributed by atoms with van der Waals surface area (Å²) in [5.41, 5.74) is 3.94. The van der Waals surface area contributed by atoms with Gasteiger partial charge >= 0.3 is 5.97 Å². The van der Waals surface area contributed by atoms with Gasteiger partial charge in [0.1, 0.15) is 17.6 Å². The number of halogens is 1. The molecule has 36 heavy (non-hydrogen) atoms. The molecule has 8 nitrogen and oxygen atoms in total. The van der Waals surface area contributed by atoms with Gasteiger partial charge in [-0.3, -0.25) is 9.59 Å². The Labute approximate surface area is 214 Å². The molecule has 188 valence electrons. The summed E-state index contributed by atoms with van der Waals surface area (Å²) < 4.78 is 10.9. The van der Waals surface area contributed by atoms with Crippen LogP contribution < -0.4 is 10.7 Å². The minimum Gasteiger partial charge on any atom is -0.459 e. The first-order valence-corrected chi connectivity index (χ1v) is 11.8. The molecule has 0 spiro atoms. The summed E-state index contributed by atoms with van der Waals surface area (Å²) in [5, 5.41) is 6.96. The fourth-order valence-corrected chi connectivity index (χ4v) is 3.48. The lowest BCUT2D eigenvalue weighted by Crippen LogP contribution is -2.48. The molecule has 0 radical (unpaired) electrons. The van der Waals surface area contributed by atoms with E-state index in [-0.39, 0.29) is 23.6 Å². The van der Waals surface area contributed by atoms with E-state index in [0.29, 0.717) is 22.1 Å². The average Bonchev–Trinajstić information content (AvgIpc) is 3.31. The van der Waals surface area contributed by atoms with Crippen molar-refractivity contribution in [2.75, 3.05) is 0 Å². The molecule has 2 amide bonds. The van der Waals surface area contributed by atoms with Crippen LogP contribution in [0.25, 0.3) is 11.3 Å². The molecule has 0 saturated carbocycles. The van der Waals surface area contributed by atoms with Crippen molar-refractivity contribution in [3.63, 3.8) is 0 Å². The van der Waals surface area contributed by atoms with Crippen LogP contribution in [0.1, 0.15) is 54.2 Å². The summed E-state index contributed by atoms with van der Waals surface area (Å²) in [6.07, 6.45) is 1.17. The molecule has 0 fully saturated rings. The van der Waals surface area contributed by atoms with Gasteiger partial charge in [-0.05, 0) is 56.2 Å². The number of hydrazone groups is 1. The second-order valence-electron chi connectivity index (χ2n) is 8.64. The van der Waals surface area contributed by atoms with Crippen LogP contribution in [-0.4, -0.2) is 36.1 Å². The number of ether oxygens (including phenoxy) is 1. The van der Waals surface area contributed by atoms with Gasteiger partial charge in [0.05, 0.1) is 28.5 Å². The molecule has 9 heteroatoms. The molecule has 0 aliphatic heterocycles. The number of nitrogens with zero attached hydrogens (tertiary/aromatic N) is 1. The van der Waals surface area contributed by atoms with Gasteiger partial charge in [0.25, 0.3) is 11.8 Å². The van der Waals surface area contributed by atoms with E-state index in [1.165, 1.54) is 6.21 Å². The van der Waals surface area contributed by atoms with E-state index in [1.807, 2.05) is 13.8 Å². The van der Waals surface area contributed by atoms with Crippen molar-refractivity contribution in [3.8, 4) is 11.3 Å². The van der Waals surface area contributed by atoms with Crippen LogP contribution in [0.2, 0.25) is 5.02 Å². The summed E-state index contributed by atoms with van der Waals surface area (Å²) in [5.74, 6) is -0.520. The molecule has 1 aromatic heterocycles. The number of rotatable bonds is 9. The number of esters is 1. The third-order valence-corrected chi connectivity index (χ3v) is 5.42. The Morgan fingerprint density at radius 2 is 1.67 bits per heavy atom. The molecule has 0 saturated heterocycles. The monoisotopic (exact) mass is 509 g/mol. The molecule has 1 heterocycles. The van der Waals surface area contributed by atoms with E-state index >= 15 is 0 Å². The van der Waals surface area contributed by atoms with Crippen LogP contribution in [0.3, 0.4) is 0 Å². The van der Waals surface area contributed by atoms with Gasteiger partial charge < -0.3 is 14.5 Å². The smallest absolute Gasteiger partial charge is 0.338 e. The maximum Gasteiger partial charge on any atom is 0.338 e. The highest BCUT2D eigenvalue weighted by Crippen LogP contribution is 2.22. The molecule has 1 unspecified atom stereocenters. The number of nitrogens with one attached hydrogen (secondary N) is 2. The Bertz CT molecular complexity index is 1250. The lowest BCUT2D eigenvalue weighted by molar-refractivity contribution is -0.123. The minimum absolute atomic E-state index is 0.192. The quantitative estimate of drug-likeness (QED) is 0.238. The first-order chi connectivity index (χ1) is 17.2. The van der Waals surface area contributed by atoms with E-state index in [4.69, 9.17) is 20.8 Å². The zero-order valence-electron chi connectivity index (χ0n) is 20.4. The van der Waals surface area contributed by atoms with Gasteiger partial charge in [-0.25, -0.2) is 10.2 Å². The Balaban J connectivity index is 1.60. The summed E-state index contributed by atoms with van der Waals surface area (Å²) >= 11 is 6.08. The summed E-state index contributed by atoms with van der Waals surface area (Å²) in [6, 6.07) is 16.1. The van der Waals surface area contributed by atoms with Crippen LogP contribution in [0.4, 0.5) is 0 Å². The normalized spacial score (nSPS) is 12.1. The summed E-state index contributed by atoms with van der Waals surface area (Å²) in [6.45, 7) is 7.21. The second-order valence-corrected chi connectivity index (χ2v) is 9.05. The third-order valence-electron chi connectivity index (χ3n) is 5.10. The van der Waals surface area contributed by atoms with E-state index in [1.54, 1.807) is 74.5 Å². The average molecular weight is 510 g/mol. The van der Waals surface area contributed by atoms with E-state index < -0.39 is 17.9 Å². The van der Waals surface area contributed by atoms with Crippen LogP contribution in [-0.2, 0) is 9.53 Å². The molecule has 0 bridgehead atoms. The third kappa shape index (κ3) is 7.05. The van der Waals surface area contributed by atoms with Gasteiger partial charge in [0.15, 0.2) is 0 Å². The molecule has 2 aromatic carbocycles. The largest absolute Gasteiger partial charge is 0.459 e. The first kappa shape index (κ1) is 26.7. The number of amides is 2. The number of carbonyl (C=O) groups is 3. The Kier molecular flexibility index (Phi) is 9.02. The first-order valence-electron chi connectivity index (χ1n) is 11.4. The fourth-order valence-electron chi connectivity index (χ4n) is 3.26. The molecule has 0 aliphatic carbocycles. The zero-order chi connectivity index (χ0) is 26.2. The van der Waals surface area contributed by atoms with Crippen molar-refractivity contribution < 1.29 is 23.5 Å². The van der Waals surface area contributed by atoms with Crippen molar-refractivity contribution in [2.24, 2.45) is 11.0 Å². The molecule has 3 rings (SSSR count). The Morgan fingerprint density at radius 1 is 0.972 bits per heavy atom. The fraction of sp³-hybridized carbons (Fsp3) is 0.259. The summed E-state index contributed by atoms with van der Waals surface area (Å²) in [7, 11) is 0. The van der Waals surface area contributed by atoms with Gasteiger partial charge in [0.2, 0.25) is 0 Å². The van der Waals surface area contributed by atoms with E-state index in [2.05, 4.69) is 15.8 Å². The molecule has 2 N–H and O–H groups in total. The standard InChI is InChI=1S/C27H28ClN3O5/c1-16(2)24(30-25(32)21-7-5-6-8-22(21)28)26(33)31-29-15-20-13-14-23(36-20)18-9-11-19(12-10-18)27(34)35-17(3)4/h5-17,24H,1-4H3,(H,30,32)(H,31,33). The second kappa shape index (κ2) is 12.2. The number of hydrogen-bond acceptors (Lipinski definition) is 6. The van der Waals surface area contributed by atoms with Crippen LogP contribution in [0.15, 0.2) is 70.2 Å². The molecule has 1 atom stereocenters. The number of furan rings is 1. The molecular formula is C27H28ClN3O5. The molecule has 0 aliphatic rings. The van der Waals surface area contributed by atoms with Crippen LogP contribution in [0, 0.1) is 5.92 Å². The van der Waals surface area contributed by atoms with Gasteiger partial charge in [-0.15, -0.1) is 0 Å². The van der Waals surface area contributed by atoms with Crippen molar-refractivity contribution in [2.45, 2.75) is 39.8 Å². The maximum atomic E-state index is 12.7. The summed E-state index contributed by atoms with van der Waals surface area (Å²) in [4.78, 5) is 37.2. The molecule has 3 aromatic rings. The zero-order valence-corrected chi connectivity index (χ0v) is 21.2. The number of benzene rings is 2.